The first-order valence-corrected chi connectivity index (χ1v) is 9.91. The van der Waals surface area contributed by atoms with Crippen molar-refractivity contribution in [1.29, 1.82) is 0 Å². The average Bonchev–Trinajstić information content (AvgIpc) is 3.18. The van der Waals surface area contributed by atoms with E-state index in [0.29, 0.717) is 28.6 Å². The fraction of sp³-hybridized carbons (Fsp3) is 0.238. The number of carbonyl (C=O) groups is 2. The Balaban J connectivity index is 1.55. The topological polar surface area (TPSA) is 93.2 Å². The lowest BCUT2D eigenvalue weighted by Crippen LogP contribution is -2.13. The summed E-state index contributed by atoms with van der Waals surface area (Å²) in [4.78, 5) is 24.6. The number of nitrogens with one attached hydrogen (secondary N) is 2. The number of methoxy groups -OCH3 is 1. The highest BCUT2D eigenvalue weighted by Crippen LogP contribution is 2.25. The fourth-order valence-corrected chi connectivity index (χ4v) is 3.35. The minimum Gasteiger partial charge on any atom is -0.495 e. The third kappa shape index (κ3) is 5.61. The smallest absolute Gasteiger partial charge is 0.286 e. The first kappa shape index (κ1) is 20.5. The summed E-state index contributed by atoms with van der Waals surface area (Å²) in [7, 11) is 1.56. The van der Waals surface area contributed by atoms with Crippen LogP contribution in [0.3, 0.4) is 0 Å². The molecule has 2 N–H and O–H groups in total. The molecule has 0 unspecified atom stereocenters. The van der Waals surface area contributed by atoms with Gasteiger partial charge in [-0.25, -0.2) is 0 Å². The van der Waals surface area contributed by atoms with Crippen LogP contribution in [-0.4, -0.2) is 29.1 Å². The van der Waals surface area contributed by atoms with E-state index in [9.17, 15) is 9.59 Å². The van der Waals surface area contributed by atoms with Gasteiger partial charge in [-0.15, -0.1) is 10.2 Å². The maximum Gasteiger partial charge on any atom is 0.286 e. The van der Waals surface area contributed by atoms with Crippen LogP contribution in [0, 0.1) is 13.8 Å². The van der Waals surface area contributed by atoms with Gasteiger partial charge in [0.15, 0.2) is 0 Å². The highest BCUT2D eigenvalue weighted by atomic mass is 32.1. The van der Waals surface area contributed by atoms with E-state index < -0.39 is 0 Å². The van der Waals surface area contributed by atoms with Crippen molar-refractivity contribution in [3.05, 3.63) is 63.6 Å². The van der Waals surface area contributed by atoms with Gasteiger partial charge in [-0.3, -0.25) is 9.59 Å². The van der Waals surface area contributed by atoms with Crippen LogP contribution in [0.15, 0.2) is 42.5 Å². The van der Waals surface area contributed by atoms with Gasteiger partial charge < -0.3 is 15.4 Å². The van der Waals surface area contributed by atoms with Crippen molar-refractivity contribution in [1.82, 2.24) is 10.2 Å². The molecule has 0 aliphatic heterocycles. The van der Waals surface area contributed by atoms with Gasteiger partial charge in [0.05, 0.1) is 12.8 Å². The highest BCUT2D eigenvalue weighted by Gasteiger charge is 2.15. The quantitative estimate of drug-likeness (QED) is 0.614. The molecule has 0 bridgehead atoms. The molecule has 29 heavy (non-hydrogen) atoms. The summed E-state index contributed by atoms with van der Waals surface area (Å²) in [5.74, 6) is 0.135. The van der Waals surface area contributed by atoms with E-state index >= 15 is 0 Å². The Morgan fingerprint density at radius 2 is 1.72 bits per heavy atom. The monoisotopic (exact) mass is 410 g/mol. The number of ether oxygens (including phenoxy) is 1. The highest BCUT2D eigenvalue weighted by molar-refractivity contribution is 7.13. The van der Waals surface area contributed by atoms with Crippen molar-refractivity contribution < 1.29 is 14.3 Å². The van der Waals surface area contributed by atoms with Crippen molar-refractivity contribution >= 4 is 34.5 Å². The van der Waals surface area contributed by atoms with Crippen LogP contribution in [-0.2, 0) is 11.2 Å². The van der Waals surface area contributed by atoms with E-state index in [1.165, 1.54) is 11.3 Å². The number of nitrogens with zero attached hydrogens (tertiary/aromatic N) is 2. The molecular formula is C21H22N4O3S. The summed E-state index contributed by atoms with van der Waals surface area (Å²) in [5.41, 5.74) is 3.47. The summed E-state index contributed by atoms with van der Waals surface area (Å²) >= 11 is 1.18. The molecule has 1 aromatic heterocycles. The largest absolute Gasteiger partial charge is 0.495 e. The molecule has 0 saturated heterocycles. The van der Waals surface area contributed by atoms with Crippen molar-refractivity contribution in [3.63, 3.8) is 0 Å². The Labute approximate surface area is 173 Å². The molecule has 8 heteroatoms. The van der Waals surface area contributed by atoms with Gasteiger partial charge in [0, 0.05) is 18.5 Å². The summed E-state index contributed by atoms with van der Waals surface area (Å²) in [5, 5.41) is 14.5. The molecule has 1 heterocycles. The minimum atomic E-state index is -0.313. The molecule has 7 nitrogen and oxygen atoms in total. The summed E-state index contributed by atoms with van der Waals surface area (Å²) < 4.78 is 5.27. The molecule has 0 radical (unpaired) electrons. The minimum absolute atomic E-state index is 0.158. The van der Waals surface area contributed by atoms with Gasteiger partial charge >= 0.3 is 0 Å². The summed E-state index contributed by atoms with van der Waals surface area (Å²) in [6.07, 6.45) is 0.626. The molecular weight excluding hydrogens is 388 g/mol. The molecule has 0 aliphatic carbocycles. The van der Waals surface area contributed by atoms with Crippen LogP contribution in [0.2, 0.25) is 0 Å². The number of rotatable bonds is 7. The van der Waals surface area contributed by atoms with Crippen LogP contribution >= 0.6 is 11.3 Å². The van der Waals surface area contributed by atoms with Crippen molar-refractivity contribution in [2.45, 2.75) is 26.7 Å². The number of benzene rings is 2. The Morgan fingerprint density at radius 3 is 2.45 bits per heavy atom. The van der Waals surface area contributed by atoms with Gasteiger partial charge in [-0.1, -0.05) is 35.1 Å². The van der Waals surface area contributed by atoms with Crippen LogP contribution in [0.1, 0.15) is 32.4 Å². The van der Waals surface area contributed by atoms with Gasteiger partial charge in [0.2, 0.25) is 10.9 Å². The molecule has 0 fully saturated rings. The molecule has 0 saturated carbocycles. The van der Waals surface area contributed by atoms with Crippen molar-refractivity contribution in [3.8, 4) is 5.75 Å². The van der Waals surface area contributed by atoms with E-state index in [1.807, 2.05) is 56.3 Å². The second kappa shape index (κ2) is 9.29. The second-order valence-electron chi connectivity index (χ2n) is 6.57. The first-order chi connectivity index (χ1) is 13.9. The zero-order valence-corrected chi connectivity index (χ0v) is 17.3. The van der Waals surface area contributed by atoms with Crippen LogP contribution in [0.4, 0.5) is 11.4 Å². The maximum absolute atomic E-state index is 12.3. The Kier molecular flexibility index (Phi) is 6.56. The fourth-order valence-electron chi connectivity index (χ4n) is 2.62. The standard InChI is InChI=1S/C21H22N4O3S/c1-13-4-7-15(8-5-13)22-20(27)21-25-24-19(29-21)11-10-18(26)23-16-12-14(2)6-9-17(16)28-3/h4-9,12H,10-11H2,1-3H3,(H,22,27)(H,23,26). The number of aryl methyl sites for hydroxylation is 3. The predicted octanol–water partition coefficient (Wildman–Crippen LogP) is 3.99. The summed E-state index contributed by atoms with van der Waals surface area (Å²) in [6, 6.07) is 13.1. The third-order valence-electron chi connectivity index (χ3n) is 4.17. The van der Waals surface area contributed by atoms with Crippen molar-refractivity contribution in [2.75, 3.05) is 17.7 Å². The SMILES string of the molecule is COc1ccc(C)cc1NC(=O)CCc1nnc(C(=O)Nc2ccc(C)cc2)s1. The van der Waals surface area contributed by atoms with E-state index in [-0.39, 0.29) is 23.2 Å². The molecule has 3 aromatic rings. The van der Waals surface area contributed by atoms with E-state index in [4.69, 9.17) is 4.74 Å². The number of carbonyl (C=O) groups excluding carboxylic acids is 2. The number of anilines is 2. The number of aromatic nitrogens is 2. The van der Waals surface area contributed by atoms with Gasteiger partial charge in [-0.05, 0) is 43.7 Å². The molecule has 0 spiro atoms. The average molecular weight is 410 g/mol. The molecule has 2 aromatic carbocycles. The molecule has 150 valence electrons. The molecule has 0 atom stereocenters. The lowest BCUT2D eigenvalue weighted by molar-refractivity contribution is -0.116. The third-order valence-corrected chi connectivity index (χ3v) is 5.15. The lowest BCUT2D eigenvalue weighted by Gasteiger charge is -2.10. The van der Waals surface area contributed by atoms with E-state index in [0.717, 1.165) is 11.1 Å². The van der Waals surface area contributed by atoms with Crippen LogP contribution in [0.5, 0.6) is 5.75 Å². The zero-order valence-electron chi connectivity index (χ0n) is 16.5. The van der Waals surface area contributed by atoms with Crippen molar-refractivity contribution in [2.24, 2.45) is 0 Å². The Hall–Kier alpha value is -3.26. The second-order valence-corrected chi connectivity index (χ2v) is 7.64. The molecule has 3 rings (SSSR count). The lowest BCUT2D eigenvalue weighted by atomic mass is 10.2. The number of hydrogen-bond acceptors (Lipinski definition) is 6. The maximum atomic E-state index is 12.3. The Bertz CT molecular complexity index is 1020. The molecule has 2 amide bonds. The predicted molar refractivity (Wildman–Crippen MR) is 114 cm³/mol. The van der Waals surface area contributed by atoms with Crippen LogP contribution in [0.25, 0.3) is 0 Å². The summed E-state index contributed by atoms with van der Waals surface area (Å²) in [6.45, 7) is 3.92. The van der Waals surface area contributed by atoms with Gasteiger partial charge in [0.1, 0.15) is 10.8 Å². The first-order valence-electron chi connectivity index (χ1n) is 9.09. The Morgan fingerprint density at radius 1 is 1.00 bits per heavy atom. The number of hydrogen-bond donors (Lipinski definition) is 2. The van der Waals surface area contributed by atoms with E-state index in [2.05, 4.69) is 20.8 Å². The molecule has 0 aliphatic rings. The normalized spacial score (nSPS) is 10.4. The van der Waals surface area contributed by atoms with Crippen LogP contribution < -0.4 is 15.4 Å². The van der Waals surface area contributed by atoms with Gasteiger partial charge in [0.25, 0.3) is 5.91 Å². The van der Waals surface area contributed by atoms with Gasteiger partial charge in [-0.2, -0.15) is 0 Å². The van der Waals surface area contributed by atoms with E-state index in [1.54, 1.807) is 7.11 Å². The zero-order chi connectivity index (χ0) is 20.8. The number of amides is 2.